The van der Waals surface area contributed by atoms with Gasteiger partial charge in [0.15, 0.2) is 0 Å². The number of carbonyl (C=O) groups excluding carboxylic acids is 1. The van der Waals surface area contributed by atoms with Gasteiger partial charge in [0, 0.05) is 14.1 Å². The standard InChI is InChI=1S/C10H21N3O3.Na.H2O/c1-7(2)5-8(12-13(3)4)10(16)11-6-9(14)15;;/h7-8,12H,5-6H2,1-4H3,(H,11,16)(H,14,15);;1H2/q;+1;/p-1/t8-;;/m0../s1. The van der Waals surface area contributed by atoms with Crippen molar-refractivity contribution in [3.05, 3.63) is 0 Å². The molecule has 1 atom stereocenters. The molecule has 0 saturated carbocycles. The molecule has 0 aromatic heterocycles. The van der Waals surface area contributed by atoms with Crippen LogP contribution in [0.2, 0.25) is 0 Å². The summed E-state index contributed by atoms with van der Waals surface area (Å²) in [4.78, 5) is 22.0. The molecule has 0 heterocycles. The van der Waals surface area contributed by atoms with Gasteiger partial charge in [-0.25, -0.2) is 10.4 Å². The summed E-state index contributed by atoms with van der Waals surface area (Å²) < 4.78 is 0. The van der Waals surface area contributed by atoms with Crippen molar-refractivity contribution in [2.24, 2.45) is 5.92 Å². The fourth-order valence-electron chi connectivity index (χ4n) is 1.29. The van der Waals surface area contributed by atoms with Gasteiger partial charge in [0.05, 0.1) is 0 Å². The van der Waals surface area contributed by atoms with Gasteiger partial charge in [-0.3, -0.25) is 9.59 Å². The van der Waals surface area contributed by atoms with E-state index in [4.69, 9.17) is 5.11 Å². The number of hydrogen-bond acceptors (Lipinski definition) is 5. The summed E-state index contributed by atoms with van der Waals surface area (Å²) in [5.41, 5.74) is 2.96. The number of amides is 1. The average Bonchev–Trinajstić information content (AvgIpc) is 2.11. The molecule has 8 heteroatoms. The van der Waals surface area contributed by atoms with Crippen molar-refractivity contribution in [2.45, 2.75) is 26.3 Å². The normalized spacial score (nSPS) is 11.4. The van der Waals surface area contributed by atoms with E-state index < -0.39 is 12.0 Å². The Labute approximate surface area is 130 Å². The van der Waals surface area contributed by atoms with Crippen molar-refractivity contribution < 1.29 is 49.7 Å². The Hall–Kier alpha value is -0.180. The second-order valence-corrected chi connectivity index (χ2v) is 4.32. The third-order valence-electron chi connectivity index (χ3n) is 1.85. The van der Waals surface area contributed by atoms with Crippen LogP contribution < -0.4 is 40.3 Å². The smallest absolute Gasteiger partial charge is 0.870 e. The van der Waals surface area contributed by atoms with Crippen LogP contribution >= 0.6 is 0 Å². The second kappa shape index (κ2) is 11.9. The van der Waals surface area contributed by atoms with Gasteiger partial charge in [0.1, 0.15) is 12.6 Å². The van der Waals surface area contributed by atoms with Gasteiger partial charge in [-0.1, -0.05) is 13.8 Å². The maximum Gasteiger partial charge on any atom is 1.00 e. The minimum Gasteiger partial charge on any atom is -0.870 e. The minimum atomic E-state index is -1.04. The maximum atomic E-state index is 11.7. The van der Waals surface area contributed by atoms with Gasteiger partial charge >= 0.3 is 35.5 Å². The maximum absolute atomic E-state index is 11.7. The van der Waals surface area contributed by atoms with Crippen molar-refractivity contribution in [1.29, 1.82) is 0 Å². The molecule has 0 rings (SSSR count). The van der Waals surface area contributed by atoms with Crippen LogP contribution in [-0.2, 0) is 9.59 Å². The molecular formula is C10H22N3NaO4. The quantitative estimate of drug-likeness (QED) is 0.327. The number of nitrogens with zero attached hydrogens (tertiary/aromatic N) is 1. The van der Waals surface area contributed by atoms with Gasteiger partial charge < -0.3 is 15.9 Å². The van der Waals surface area contributed by atoms with E-state index in [0.29, 0.717) is 12.3 Å². The number of rotatable bonds is 7. The molecule has 102 valence electrons. The zero-order valence-electron chi connectivity index (χ0n) is 11.7. The average molecular weight is 271 g/mol. The molecule has 1 amide bonds. The number of carboxylic acids is 1. The van der Waals surface area contributed by atoms with Crippen LogP contribution in [0.15, 0.2) is 0 Å². The summed E-state index contributed by atoms with van der Waals surface area (Å²) in [6, 6.07) is -0.394. The summed E-state index contributed by atoms with van der Waals surface area (Å²) in [6.07, 6.45) is 0.656. The van der Waals surface area contributed by atoms with Crippen LogP contribution in [0.3, 0.4) is 0 Å². The van der Waals surface area contributed by atoms with Crippen molar-refractivity contribution in [3.8, 4) is 0 Å². The van der Waals surface area contributed by atoms with Crippen molar-refractivity contribution >= 4 is 11.9 Å². The SMILES string of the molecule is CC(C)C[C@H](NN(C)C)C(=O)NCC(=O)O.[Na+].[OH-]. The van der Waals surface area contributed by atoms with Crippen molar-refractivity contribution in [1.82, 2.24) is 15.8 Å². The van der Waals surface area contributed by atoms with Gasteiger partial charge in [-0.15, -0.1) is 0 Å². The van der Waals surface area contributed by atoms with Crippen LogP contribution in [0.5, 0.6) is 0 Å². The summed E-state index contributed by atoms with van der Waals surface area (Å²) in [5.74, 6) is -0.973. The Morgan fingerprint density at radius 1 is 1.28 bits per heavy atom. The molecule has 0 spiro atoms. The van der Waals surface area contributed by atoms with E-state index in [0.717, 1.165) is 0 Å². The van der Waals surface area contributed by atoms with E-state index in [-0.39, 0.29) is 47.5 Å². The number of carbonyl (C=O) groups is 2. The van der Waals surface area contributed by atoms with Crippen molar-refractivity contribution in [2.75, 3.05) is 20.6 Å². The number of hydrogen-bond donors (Lipinski definition) is 3. The van der Waals surface area contributed by atoms with Crippen LogP contribution in [0.25, 0.3) is 0 Å². The monoisotopic (exact) mass is 271 g/mol. The Bertz CT molecular complexity index is 239. The van der Waals surface area contributed by atoms with Gasteiger partial charge in [-0.2, -0.15) is 0 Å². The first-order valence-electron chi connectivity index (χ1n) is 5.26. The van der Waals surface area contributed by atoms with E-state index in [2.05, 4.69) is 10.7 Å². The topological polar surface area (TPSA) is 112 Å². The molecule has 0 aromatic rings. The Kier molecular flexibility index (Phi) is 15.2. The Balaban J connectivity index is -0.00000112. The Morgan fingerprint density at radius 2 is 1.78 bits per heavy atom. The molecule has 0 aliphatic heterocycles. The minimum absolute atomic E-state index is 0. The third-order valence-corrected chi connectivity index (χ3v) is 1.85. The molecule has 0 saturated heterocycles. The van der Waals surface area contributed by atoms with Gasteiger partial charge in [0.25, 0.3) is 0 Å². The number of carboxylic acid groups (broad SMARTS) is 1. The molecule has 0 bridgehead atoms. The molecule has 0 aromatic carbocycles. The Morgan fingerprint density at radius 3 is 2.11 bits per heavy atom. The zero-order valence-corrected chi connectivity index (χ0v) is 13.7. The van der Waals surface area contributed by atoms with Crippen molar-refractivity contribution in [3.63, 3.8) is 0 Å². The summed E-state index contributed by atoms with van der Waals surface area (Å²) >= 11 is 0. The van der Waals surface area contributed by atoms with E-state index >= 15 is 0 Å². The van der Waals surface area contributed by atoms with Crippen LogP contribution in [0.4, 0.5) is 0 Å². The largest absolute Gasteiger partial charge is 1.00 e. The molecular weight excluding hydrogens is 249 g/mol. The molecule has 18 heavy (non-hydrogen) atoms. The van der Waals surface area contributed by atoms with Gasteiger partial charge in [0.2, 0.25) is 5.91 Å². The van der Waals surface area contributed by atoms with Crippen LogP contribution in [-0.4, -0.2) is 54.2 Å². The molecule has 0 aliphatic carbocycles. The van der Waals surface area contributed by atoms with E-state index in [1.54, 1.807) is 19.1 Å². The number of hydrazine groups is 1. The fourth-order valence-corrected chi connectivity index (χ4v) is 1.29. The third kappa shape index (κ3) is 12.3. The van der Waals surface area contributed by atoms with Crippen LogP contribution in [0.1, 0.15) is 20.3 Å². The first kappa shape index (κ1) is 23.0. The van der Waals surface area contributed by atoms with Gasteiger partial charge in [-0.05, 0) is 12.3 Å². The number of nitrogens with one attached hydrogen (secondary N) is 2. The zero-order chi connectivity index (χ0) is 12.7. The van der Waals surface area contributed by atoms with E-state index in [9.17, 15) is 9.59 Å². The first-order chi connectivity index (χ1) is 7.32. The molecule has 0 aliphatic rings. The summed E-state index contributed by atoms with van der Waals surface area (Å²) in [6.45, 7) is 3.67. The molecule has 7 nitrogen and oxygen atoms in total. The number of aliphatic carboxylic acids is 1. The first-order valence-corrected chi connectivity index (χ1v) is 5.26. The molecule has 4 N–H and O–H groups in total. The van der Waals surface area contributed by atoms with E-state index in [1.807, 2.05) is 13.8 Å². The fraction of sp³-hybridized carbons (Fsp3) is 0.800. The second-order valence-electron chi connectivity index (χ2n) is 4.32. The van der Waals surface area contributed by atoms with E-state index in [1.165, 1.54) is 0 Å². The summed E-state index contributed by atoms with van der Waals surface area (Å²) in [5, 5.41) is 12.5. The predicted octanol–water partition coefficient (Wildman–Crippen LogP) is -3.50. The van der Waals surface area contributed by atoms with Crippen LogP contribution in [0, 0.1) is 5.92 Å². The molecule has 0 fully saturated rings. The molecule has 0 unspecified atom stereocenters. The summed E-state index contributed by atoms with van der Waals surface area (Å²) in [7, 11) is 3.58. The predicted molar refractivity (Wildman–Crippen MR) is 62.6 cm³/mol. The molecule has 0 radical (unpaired) electrons.